The number of thiazole rings is 1. The second kappa shape index (κ2) is 5.22. The lowest BCUT2D eigenvalue weighted by Crippen LogP contribution is -2.40. The van der Waals surface area contributed by atoms with Crippen molar-refractivity contribution in [2.45, 2.75) is 45.6 Å². The summed E-state index contributed by atoms with van der Waals surface area (Å²) in [7, 11) is 0. The summed E-state index contributed by atoms with van der Waals surface area (Å²) in [4.78, 5) is 4.74. The van der Waals surface area contributed by atoms with Crippen LogP contribution in [0.3, 0.4) is 0 Å². The molecule has 1 aromatic heterocycles. The first-order valence-corrected chi connectivity index (χ1v) is 8.13. The Kier molecular flexibility index (Phi) is 3.59. The molecule has 1 aromatic carbocycles. The van der Waals surface area contributed by atoms with Crippen LogP contribution in [-0.2, 0) is 0 Å². The molecule has 1 unspecified atom stereocenters. The predicted octanol–water partition coefficient (Wildman–Crippen LogP) is 4.53. The van der Waals surface area contributed by atoms with Gasteiger partial charge in [0, 0.05) is 6.54 Å². The van der Waals surface area contributed by atoms with Crippen LogP contribution >= 0.6 is 11.3 Å². The first-order chi connectivity index (χ1) is 9.22. The Balaban J connectivity index is 1.68. The molecule has 3 heteroatoms. The molecular weight excluding hydrogens is 252 g/mol. The monoisotopic (exact) mass is 274 g/mol. The van der Waals surface area contributed by atoms with Crippen LogP contribution in [-0.4, -0.2) is 11.5 Å². The SMILES string of the molecule is CCC1(CNC(C)c2nc3ccccc3s2)CCC1. The van der Waals surface area contributed by atoms with E-state index in [0.717, 1.165) is 12.1 Å². The molecule has 19 heavy (non-hydrogen) atoms. The number of para-hydroxylation sites is 1. The molecule has 1 N–H and O–H groups in total. The average Bonchev–Trinajstić information content (AvgIpc) is 2.81. The van der Waals surface area contributed by atoms with Gasteiger partial charge in [-0.2, -0.15) is 0 Å². The lowest BCUT2D eigenvalue weighted by Gasteiger charge is -2.42. The van der Waals surface area contributed by atoms with E-state index in [4.69, 9.17) is 4.98 Å². The molecule has 1 atom stereocenters. The van der Waals surface area contributed by atoms with E-state index in [2.05, 4.69) is 43.4 Å². The van der Waals surface area contributed by atoms with Crippen molar-refractivity contribution < 1.29 is 0 Å². The van der Waals surface area contributed by atoms with Crippen LogP contribution in [0.5, 0.6) is 0 Å². The molecule has 0 bridgehead atoms. The summed E-state index contributed by atoms with van der Waals surface area (Å²) in [6.07, 6.45) is 5.49. The summed E-state index contributed by atoms with van der Waals surface area (Å²) >= 11 is 1.82. The van der Waals surface area contributed by atoms with Crippen LogP contribution in [0.4, 0.5) is 0 Å². The predicted molar refractivity (Wildman–Crippen MR) is 82.6 cm³/mol. The molecule has 2 aromatic rings. The van der Waals surface area contributed by atoms with E-state index in [1.54, 1.807) is 0 Å². The standard InChI is InChI=1S/C16H22N2S/c1-3-16(9-6-10-16)11-17-12(2)15-18-13-7-4-5-8-14(13)19-15/h4-5,7-8,12,17H,3,6,9-11H2,1-2H3. The maximum atomic E-state index is 4.74. The number of fused-ring (bicyclic) bond motifs is 1. The average molecular weight is 274 g/mol. The summed E-state index contributed by atoms with van der Waals surface area (Å²) in [6.45, 7) is 5.70. The van der Waals surface area contributed by atoms with Gasteiger partial charge >= 0.3 is 0 Å². The molecule has 0 saturated heterocycles. The third kappa shape index (κ3) is 2.54. The maximum absolute atomic E-state index is 4.74. The van der Waals surface area contributed by atoms with E-state index in [9.17, 15) is 0 Å². The summed E-state index contributed by atoms with van der Waals surface area (Å²) in [6, 6.07) is 8.76. The first-order valence-electron chi connectivity index (χ1n) is 7.31. The summed E-state index contributed by atoms with van der Waals surface area (Å²) in [5.41, 5.74) is 1.70. The number of nitrogens with zero attached hydrogens (tertiary/aromatic N) is 1. The smallest absolute Gasteiger partial charge is 0.111 e. The molecular formula is C16H22N2S. The molecule has 3 rings (SSSR count). The van der Waals surface area contributed by atoms with Gasteiger partial charge in [0.25, 0.3) is 0 Å². The molecule has 1 aliphatic rings. The van der Waals surface area contributed by atoms with Crippen molar-refractivity contribution in [2.75, 3.05) is 6.54 Å². The number of benzene rings is 1. The molecule has 102 valence electrons. The van der Waals surface area contributed by atoms with Gasteiger partial charge in [0.2, 0.25) is 0 Å². The van der Waals surface area contributed by atoms with Crippen molar-refractivity contribution in [1.82, 2.24) is 10.3 Å². The van der Waals surface area contributed by atoms with E-state index in [1.165, 1.54) is 35.4 Å². The number of hydrogen-bond donors (Lipinski definition) is 1. The van der Waals surface area contributed by atoms with Gasteiger partial charge in [0.1, 0.15) is 5.01 Å². The summed E-state index contributed by atoms with van der Waals surface area (Å²) in [5.74, 6) is 0. The fraction of sp³-hybridized carbons (Fsp3) is 0.562. The van der Waals surface area contributed by atoms with Gasteiger partial charge in [0.15, 0.2) is 0 Å². The van der Waals surface area contributed by atoms with E-state index >= 15 is 0 Å². The van der Waals surface area contributed by atoms with Crippen molar-refractivity contribution in [2.24, 2.45) is 5.41 Å². The zero-order chi connectivity index (χ0) is 13.3. The second-order valence-electron chi connectivity index (χ2n) is 5.83. The van der Waals surface area contributed by atoms with Gasteiger partial charge in [-0.25, -0.2) is 4.98 Å². The lowest BCUT2D eigenvalue weighted by atomic mass is 9.67. The number of nitrogens with one attached hydrogen (secondary N) is 1. The molecule has 0 spiro atoms. The second-order valence-corrected chi connectivity index (χ2v) is 6.89. The Labute approximate surface area is 119 Å². The molecule has 1 heterocycles. The number of rotatable bonds is 5. The first kappa shape index (κ1) is 13.1. The van der Waals surface area contributed by atoms with Crippen molar-refractivity contribution in [3.05, 3.63) is 29.3 Å². The quantitative estimate of drug-likeness (QED) is 0.866. The Hall–Kier alpha value is -0.930. The minimum atomic E-state index is 0.362. The minimum Gasteiger partial charge on any atom is -0.308 e. The summed E-state index contributed by atoms with van der Waals surface area (Å²) < 4.78 is 1.29. The van der Waals surface area contributed by atoms with E-state index < -0.39 is 0 Å². The van der Waals surface area contributed by atoms with Gasteiger partial charge < -0.3 is 5.32 Å². The Morgan fingerprint density at radius 3 is 2.79 bits per heavy atom. The Bertz CT molecular complexity index is 518. The largest absolute Gasteiger partial charge is 0.308 e. The van der Waals surface area contributed by atoms with Crippen molar-refractivity contribution >= 4 is 21.6 Å². The van der Waals surface area contributed by atoms with E-state index in [-0.39, 0.29) is 0 Å². The highest BCUT2D eigenvalue weighted by molar-refractivity contribution is 7.18. The zero-order valence-electron chi connectivity index (χ0n) is 11.8. The maximum Gasteiger partial charge on any atom is 0.111 e. The lowest BCUT2D eigenvalue weighted by molar-refractivity contribution is 0.120. The topological polar surface area (TPSA) is 24.9 Å². The highest BCUT2D eigenvalue weighted by atomic mass is 32.1. The number of aromatic nitrogens is 1. The van der Waals surface area contributed by atoms with Gasteiger partial charge in [0.05, 0.1) is 16.3 Å². The van der Waals surface area contributed by atoms with Crippen LogP contribution in [0.15, 0.2) is 24.3 Å². The minimum absolute atomic E-state index is 0.362. The van der Waals surface area contributed by atoms with Gasteiger partial charge in [-0.15, -0.1) is 11.3 Å². The molecule has 0 radical (unpaired) electrons. The Morgan fingerprint density at radius 1 is 1.37 bits per heavy atom. The highest BCUT2D eigenvalue weighted by Gasteiger charge is 2.35. The zero-order valence-corrected chi connectivity index (χ0v) is 12.6. The molecule has 0 aliphatic heterocycles. The van der Waals surface area contributed by atoms with Crippen LogP contribution in [0.2, 0.25) is 0 Å². The fourth-order valence-corrected chi connectivity index (χ4v) is 3.86. The van der Waals surface area contributed by atoms with Gasteiger partial charge in [-0.3, -0.25) is 0 Å². The van der Waals surface area contributed by atoms with Gasteiger partial charge in [-0.05, 0) is 43.7 Å². The molecule has 0 amide bonds. The van der Waals surface area contributed by atoms with Crippen LogP contribution in [0, 0.1) is 5.41 Å². The summed E-state index contributed by atoms with van der Waals surface area (Å²) in [5, 5.41) is 4.92. The van der Waals surface area contributed by atoms with Crippen LogP contribution in [0.1, 0.15) is 50.6 Å². The fourth-order valence-electron chi connectivity index (χ4n) is 2.86. The van der Waals surface area contributed by atoms with E-state index in [0.29, 0.717) is 11.5 Å². The van der Waals surface area contributed by atoms with Crippen LogP contribution < -0.4 is 5.32 Å². The van der Waals surface area contributed by atoms with Crippen molar-refractivity contribution in [3.8, 4) is 0 Å². The van der Waals surface area contributed by atoms with Crippen molar-refractivity contribution in [3.63, 3.8) is 0 Å². The van der Waals surface area contributed by atoms with Crippen molar-refractivity contribution in [1.29, 1.82) is 0 Å². The molecule has 1 fully saturated rings. The van der Waals surface area contributed by atoms with Crippen LogP contribution in [0.25, 0.3) is 10.2 Å². The third-order valence-corrected chi connectivity index (χ3v) is 5.85. The molecule has 1 aliphatic carbocycles. The van der Waals surface area contributed by atoms with E-state index in [1.807, 2.05) is 11.3 Å². The third-order valence-electron chi connectivity index (χ3n) is 4.63. The Morgan fingerprint density at radius 2 is 2.16 bits per heavy atom. The van der Waals surface area contributed by atoms with Gasteiger partial charge in [-0.1, -0.05) is 25.5 Å². The molecule has 1 saturated carbocycles. The normalized spacial score (nSPS) is 19.3. The number of hydrogen-bond acceptors (Lipinski definition) is 3. The highest BCUT2D eigenvalue weighted by Crippen LogP contribution is 2.43. The molecule has 2 nitrogen and oxygen atoms in total.